The average molecular weight is 232 g/mol. The highest BCUT2D eigenvalue weighted by atomic mass is 15.0. The molecule has 17 heavy (non-hydrogen) atoms. The van der Waals surface area contributed by atoms with Gasteiger partial charge in [-0.25, -0.2) is 0 Å². The monoisotopic (exact) mass is 232 g/mol. The van der Waals surface area contributed by atoms with E-state index in [-0.39, 0.29) is 0 Å². The van der Waals surface area contributed by atoms with Crippen LogP contribution in [0.25, 0.3) is 0 Å². The first-order chi connectivity index (χ1) is 8.29. The van der Waals surface area contributed by atoms with Crippen molar-refractivity contribution in [1.82, 2.24) is 10.6 Å². The van der Waals surface area contributed by atoms with Crippen LogP contribution >= 0.6 is 0 Å². The normalized spacial score (nSPS) is 17.1. The van der Waals surface area contributed by atoms with Crippen molar-refractivity contribution in [2.24, 2.45) is 5.92 Å². The largest absolute Gasteiger partial charge is 0.315 e. The number of benzene rings is 1. The molecule has 2 N–H and O–H groups in total. The van der Waals surface area contributed by atoms with E-state index in [1.54, 1.807) is 11.1 Å². The second-order valence-corrected chi connectivity index (χ2v) is 5.16. The van der Waals surface area contributed by atoms with Crippen LogP contribution in [0.1, 0.15) is 25.0 Å². The molecule has 94 valence electrons. The summed E-state index contributed by atoms with van der Waals surface area (Å²) in [5, 5.41) is 7.01. The summed E-state index contributed by atoms with van der Waals surface area (Å²) in [6.45, 7) is 7.67. The van der Waals surface area contributed by atoms with Gasteiger partial charge >= 0.3 is 0 Å². The third-order valence-corrected chi connectivity index (χ3v) is 3.59. The topological polar surface area (TPSA) is 24.1 Å². The van der Waals surface area contributed by atoms with Gasteiger partial charge in [0.05, 0.1) is 0 Å². The molecule has 2 heteroatoms. The van der Waals surface area contributed by atoms with Crippen molar-refractivity contribution < 1.29 is 0 Å². The van der Waals surface area contributed by atoms with Crippen LogP contribution in [0, 0.1) is 5.92 Å². The zero-order chi connectivity index (χ0) is 12.1. The highest BCUT2D eigenvalue weighted by Gasteiger charge is 2.20. The molecule has 2 rings (SSSR count). The Labute approximate surface area is 105 Å². The van der Waals surface area contributed by atoms with Crippen LogP contribution in [0.2, 0.25) is 0 Å². The van der Waals surface area contributed by atoms with Gasteiger partial charge in [-0.1, -0.05) is 31.2 Å². The number of hydrogen-bond donors (Lipinski definition) is 2. The van der Waals surface area contributed by atoms with Gasteiger partial charge in [0, 0.05) is 12.6 Å². The summed E-state index contributed by atoms with van der Waals surface area (Å²) in [5.41, 5.74) is 3.11. The summed E-state index contributed by atoms with van der Waals surface area (Å²) < 4.78 is 0. The zero-order valence-electron chi connectivity index (χ0n) is 11.0. The minimum atomic E-state index is 0.568. The minimum Gasteiger partial charge on any atom is -0.315 e. The zero-order valence-corrected chi connectivity index (χ0v) is 11.0. The van der Waals surface area contributed by atoms with Crippen molar-refractivity contribution in [3.63, 3.8) is 0 Å². The summed E-state index contributed by atoms with van der Waals surface area (Å²) in [5.74, 6) is 0.788. The van der Waals surface area contributed by atoms with Gasteiger partial charge in [0.15, 0.2) is 0 Å². The van der Waals surface area contributed by atoms with Crippen molar-refractivity contribution >= 4 is 0 Å². The van der Waals surface area contributed by atoms with Crippen molar-refractivity contribution in [3.8, 4) is 0 Å². The molecule has 1 aromatic rings. The number of hydrogen-bond acceptors (Lipinski definition) is 2. The Kier molecular flexibility index (Phi) is 4.57. The van der Waals surface area contributed by atoms with Crippen molar-refractivity contribution in [2.75, 3.05) is 19.6 Å². The predicted molar refractivity (Wildman–Crippen MR) is 73.3 cm³/mol. The lowest BCUT2D eigenvalue weighted by molar-refractivity contribution is 0.437. The summed E-state index contributed by atoms with van der Waals surface area (Å²) in [6, 6.07) is 9.43. The quantitative estimate of drug-likeness (QED) is 0.784. The van der Waals surface area contributed by atoms with Crippen molar-refractivity contribution in [2.45, 2.75) is 32.7 Å². The maximum atomic E-state index is 3.63. The maximum absolute atomic E-state index is 3.63. The first kappa shape index (κ1) is 12.6. The second-order valence-electron chi connectivity index (χ2n) is 5.16. The van der Waals surface area contributed by atoms with Gasteiger partial charge in [0.2, 0.25) is 0 Å². The molecule has 0 amide bonds. The Balaban J connectivity index is 1.73. The number of likely N-dealkylation sites (N-methyl/N-ethyl adjacent to an activating group) is 1. The SMILES string of the molecule is CCNCC(C)NCC1Cc2ccccc2C1. The fourth-order valence-corrected chi connectivity index (χ4v) is 2.60. The summed E-state index contributed by atoms with van der Waals surface area (Å²) >= 11 is 0. The average Bonchev–Trinajstić information content (AvgIpc) is 2.76. The lowest BCUT2D eigenvalue weighted by Gasteiger charge is -2.17. The molecule has 0 aromatic heterocycles. The third kappa shape index (κ3) is 3.55. The van der Waals surface area contributed by atoms with Gasteiger partial charge < -0.3 is 10.6 Å². The van der Waals surface area contributed by atoms with E-state index in [4.69, 9.17) is 0 Å². The van der Waals surface area contributed by atoms with Crippen LogP contribution in [-0.4, -0.2) is 25.7 Å². The molecule has 0 bridgehead atoms. The van der Waals surface area contributed by atoms with E-state index in [1.165, 1.54) is 12.8 Å². The summed E-state index contributed by atoms with van der Waals surface area (Å²) in [4.78, 5) is 0. The Morgan fingerprint density at radius 1 is 1.24 bits per heavy atom. The van der Waals surface area contributed by atoms with Gasteiger partial charge in [0.1, 0.15) is 0 Å². The smallest absolute Gasteiger partial charge is 0.0164 e. The Hall–Kier alpha value is -0.860. The molecular weight excluding hydrogens is 208 g/mol. The molecule has 1 atom stereocenters. The fourth-order valence-electron chi connectivity index (χ4n) is 2.60. The lowest BCUT2D eigenvalue weighted by atomic mass is 10.1. The fraction of sp³-hybridized carbons (Fsp3) is 0.600. The van der Waals surface area contributed by atoms with Crippen LogP contribution in [0.4, 0.5) is 0 Å². The first-order valence-electron chi connectivity index (χ1n) is 6.80. The molecule has 1 aliphatic carbocycles. The van der Waals surface area contributed by atoms with Crippen LogP contribution in [0.5, 0.6) is 0 Å². The Bertz CT molecular complexity index is 324. The number of nitrogens with one attached hydrogen (secondary N) is 2. The second kappa shape index (κ2) is 6.18. The highest BCUT2D eigenvalue weighted by molar-refractivity contribution is 5.32. The van der Waals surface area contributed by atoms with Gasteiger partial charge in [0.25, 0.3) is 0 Å². The van der Waals surface area contributed by atoms with E-state index in [9.17, 15) is 0 Å². The maximum Gasteiger partial charge on any atom is 0.0164 e. The minimum absolute atomic E-state index is 0.568. The Morgan fingerprint density at radius 2 is 1.88 bits per heavy atom. The van der Waals surface area contributed by atoms with Gasteiger partial charge in [-0.2, -0.15) is 0 Å². The van der Waals surface area contributed by atoms with Gasteiger partial charge in [-0.15, -0.1) is 0 Å². The molecule has 0 spiro atoms. The van der Waals surface area contributed by atoms with E-state index >= 15 is 0 Å². The van der Waals surface area contributed by atoms with E-state index in [0.29, 0.717) is 6.04 Å². The van der Waals surface area contributed by atoms with Crippen LogP contribution < -0.4 is 10.6 Å². The van der Waals surface area contributed by atoms with Crippen molar-refractivity contribution in [1.29, 1.82) is 0 Å². The first-order valence-corrected chi connectivity index (χ1v) is 6.80. The van der Waals surface area contributed by atoms with E-state index < -0.39 is 0 Å². The molecule has 2 nitrogen and oxygen atoms in total. The highest BCUT2D eigenvalue weighted by Crippen LogP contribution is 2.25. The molecule has 0 radical (unpaired) electrons. The number of rotatable bonds is 6. The molecule has 0 fully saturated rings. The Morgan fingerprint density at radius 3 is 2.47 bits per heavy atom. The molecule has 1 aliphatic rings. The van der Waals surface area contributed by atoms with E-state index in [0.717, 1.165) is 25.6 Å². The predicted octanol–water partition coefficient (Wildman–Crippen LogP) is 1.99. The molecule has 0 aliphatic heterocycles. The summed E-state index contributed by atoms with van der Waals surface area (Å²) in [6.07, 6.45) is 2.49. The lowest BCUT2D eigenvalue weighted by Crippen LogP contribution is -2.38. The molecule has 0 saturated heterocycles. The third-order valence-electron chi connectivity index (χ3n) is 3.59. The number of fused-ring (bicyclic) bond motifs is 1. The standard InChI is InChI=1S/C15H24N2/c1-3-16-10-12(2)17-11-13-8-14-6-4-5-7-15(14)9-13/h4-7,12-13,16-17H,3,8-11H2,1-2H3. The van der Waals surface area contributed by atoms with E-state index in [1.807, 2.05) is 0 Å². The van der Waals surface area contributed by atoms with Crippen LogP contribution in [0.15, 0.2) is 24.3 Å². The molecule has 0 heterocycles. The molecule has 1 unspecified atom stereocenters. The summed E-state index contributed by atoms with van der Waals surface area (Å²) in [7, 11) is 0. The molecular formula is C15H24N2. The van der Waals surface area contributed by atoms with Gasteiger partial charge in [-0.3, -0.25) is 0 Å². The molecule has 0 saturated carbocycles. The van der Waals surface area contributed by atoms with Crippen LogP contribution in [-0.2, 0) is 12.8 Å². The van der Waals surface area contributed by atoms with Gasteiger partial charge in [-0.05, 0) is 49.9 Å². The van der Waals surface area contributed by atoms with Crippen molar-refractivity contribution in [3.05, 3.63) is 35.4 Å². The van der Waals surface area contributed by atoms with Crippen LogP contribution in [0.3, 0.4) is 0 Å². The van der Waals surface area contributed by atoms with E-state index in [2.05, 4.69) is 48.7 Å². The molecule has 1 aromatic carbocycles.